The summed E-state index contributed by atoms with van der Waals surface area (Å²) in [6, 6.07) is 7.65. The molecule has 4 rings (SSSR count). The van der Waals surface area contributed by atoms with Crippen molar-refractivity contribution < 1.29 is 9.53 Å². The molecule has 0 saturated heterocycles. The van der Waals surface area contributed by atoms with Gasteiger partial charge in [-0.05, 0) is 36.7 Å². The molecule has 0 saturated carbocycles. The molecular formula is C17H15N5O3S2. The van der Waals surface area contributed by atoms with E-state index in [0.717, 1.165) is 14.4 Å². The molecule has 27 heavy (non-hydrogen) atoms. The van der Waals surface area contributed by atoms with Crippen molar-refractivity contribution >= 4 is 34.4 Å². The van der Waals surface area contributed by atoms with E-state index in [4.69, 9.17) is 4.74 Å². The zero-order valence-corrected chi connectivity index (χ0v) is 16.2. The van der Waals surface area contributed by atoms with Crippen LogP contribution >= 0.6 is 22.7 Å². The molecule has 0 radical (unpaired) electrons. The summed E-state index contributed by atoms with van der Waals surface area (Å²) >= 11 is 3.00. The first-order valence-electron chi connectivity index (χ1n) is 8.18. The Kier molecular flexibility index (Phi) is 4.58. The maximum atomic E-state index is 13.0. The Morgan fingerprint density at radius 2 is 1.85 bits per heavy atom. The first-order valence-corrected chi connectivity index (χ1v) is 9.94. The summed E-state index contributed by atoms with van der Waals surface area (Å²) in [5.41, 5.74) is 0.763. The van der Waals surface area contributed by atoms with Gasteiger partial charge in [-0.3, -0.25) is 4.79 Å². The zero-order chi connectivity index (χ0) is 19.0. The number of thiophene rings is 2. The van der Waals surface area contributed by atoms with Crippen molar-refractivity contribution in [2.24, 2.45) is 0 Å². The highest BCUT2D eigenvalue weighted by Crippen LogP contribution is 2.34. The normalized spacial score (nSPS) is 11.4. The van der Waals surface area contributed by atoms with Crippen LogP contribution in [0.25, 0.3) is 26.9 Å². The highest BCUT2D eigenvalue weighted by atomic mass is 32.1. The van der Waals surface area contributed by atoms with Gasteiger partial charge in [-0.15, -0.1) is 38.0 Å². The van der Waals surface area contributed by atoms with E-state index < -0.39 is 11.7 Å². The first-order chi connectivity index (χ1) is 13.0. The topological polar surface area (TPSA) is 91.4 Å². The molecule has 0 aromatic carbocycles. The first kappa shape index (κ1) is 17.6. The van der Waals surface area contributed by atoms with Gasteiger partial charge in [-0.1, -0.05) is 12.1 Å². The molecule has 4 aromatic rings. The summed E-state index contributed by atoms with van der Waals surface area (Å²) in [5.74, 6) is -0.388. The number of nitrogens with zero attached hydrogens (tertiary/aromatic N) is 5. The van der Waals surface area contributed by atoms with Gasteiger partial charge in [-0.25, -0.2) is 9.20 Å². The molecule has 0 amide bonds. The van der Waals surface area contributed by atoms with Crippen molar-refractivity contribution in [2.75, 3.05) is 0 Å². The molecule has 8 nitrogen and oxygen atoms in total. The Labute approximate surface area is 161 Å². The third-order valence-corrected chi connectivity index (χ3v) is 5.42. The Morgan fingerprint density at radius 3 is 2.48 bits per heavy atom. The monoisotopic (exact) mass is 401 g/mol. The van der Waals surface area contributed by atoms with E-state index in [2.05, 4.69) is 15.3 Å². The molecule has 0 N–H and O–H groups in total. The summed E-state index contributed by atoms with van der Waals surface area (Å²) in [7, 11) is 0. The van der Waals surface area contributed by atoms with Crippen LogP contribution in [0.2, 0.25) is 0 Å². The number of hydrogen-bond acceptors (Lipinski definition) is 8. The molecule has 0 atom stereocenters. The molecule has 0 fully saturated rings. The average Bonchev–Trinajstić information content (AvgIpc) is 3.36. The molecule has 0 bridgehead atoms. The predicted octanol–water partition coefficient (Wildman–Crippen LogP) is 2.69. The van der Waals surface area contributed by atoms with Gasteiger partial charge >= 0.3 is 11.7 Å². The van der Waals surface area contributed by atoms with Crippen LogP contribution in [0.3, 0.4) is 0 Å². The van der Waals surface area contributed by atoms with Crippen LogP contribution in [0.1, 0.15) is 13.8 Å². The predicted molar refractivity (Wildman–Crippen MR) is 103 cm³/mol. The minimum Gasteiger partial charge on any atom is -0.462 e. The number of aromatic nitrogens is 5. The van der Waals surface area contributed by atoms with Crippen molar-refractivity contribution in [2.45, 2.75) is 26.5 Å². The lowest BCUT2D eigenvalue weighted by molar-refractivity contribution is -0.148. The summed E-state index contributed by atoms with van der Waals surface area (Å²) in [4.78, 5) is 26.7. The molecule has 4 aromatic heterocycles. The molecule has 0 aliphatic heterocycles. The largest absolute Gasteiger partial charge is 0.462 e. The maximum Gasteiger partial charge on any atom is 0.352 e. The van der Waals surface area contributed by atoms with E-state index in [1.54, 1.807) is 13.8 Å². The second-order valence-electron chi connectivity index (χ2n) is 5.97. The zero-order valence-electron chi connectivity index (χ0n) is 14.5. The van der Waals surface area contributed by atoms with Gasteiger partial charge in [0, 0.05) is 0 Å². The fourth-order valence-electron chi connectivity index (χ4n) is 2.65. The highest BCUT2D eigenvalue weighted by molar-refractivity contribution is 7.14. The van der Waals surface area contributed by atoms with Crippen molar-refractivity contribution in [3.8, 4) is 21.1 Å². The van der Waals surface area contributed by atoms with Crippen molar-refractivity contribution in [1.29, 1.82) is 0 Å². The molecule has 138 valence electrons. The third kappa shape index (κ3) is 3.28. The van der Waals surface area contributed by atoms with Crippen LogP contribution in [-0.2, 0) is 16.1 Å². The molecular weight excluding hydrogens is 386 g/mol. The molecule has 4 heterocycles. The van der Waals surface area contributed by atoms with E-state index in [-0.39, 0.29) is 18.4 Å². The number of esters is 1. The van der Waals surface area contributed by atoms with Gasteiger partial charge in [0.05, 0.1) is 15.9 Å². The van der Waals surface area contributed by atoms with Crippen LogP contribution in [-0.4, -0.2) is 36.5 Å². The highest BCUT2D eigenvalue weighted by Gasteiger charge is 2.22. The van der Waals surface area contributed by atoms with E-state index in [0.29, 0.717) is 11.4 Å². The lowest BCUT2D eigenvalue weighted by Gasteiger charge is -2.07. The van der Waals surface area contributed by atoms with E-state index in [1.165, 1.54) is 27.1 Å². The molecule has 0 aliphatic rings. The summed E-state index contributed by atoms with van der Waals surface area (Å²) in [6.07, 6.45) is -0.267. The second kappa shape index (κ2) is 7.05. The minimum absolute atomic E-state index is 0.140. The summed E-state index contributed by atoms with van der Waals surface area (Å²) in [6.45, 7) is 3.22. The van der Waals surface area contributed by atoms with Gasteiger partial charge in [0.15, 0.2) is 0 Å². The van der Waals surface area contributed by atoms with Gasteiger partial charge in [0.1, 0.15) is 17.9 Å². The standard InChI is InChI=1S/C17H15N5O3S2/c1-10(2)25-13(23)9-21-17(24)22-15(12-6-4-8-27-12)14(11-5-3-7-26-11)18-19-16(22)20-21/h3-8,10H,9H2,1-2H3. The van der Waals surface area contributed by atoms with Crippen molar-refractivity contribution in [3.05, 3.63) is 45.5 Å². The van der Waals surface area contributed by atoms with Gasteiger partial charge < -0.3 is 4.74 Å². The lowest BCUT2D eigenvalue weighted by Crippen LogP contribution is -2.27. The van der Waals surface area contributed by atoms with Crippen LogP contribution < -0.4 is 5.69 Å². The summed E-state index contributed by atoms with van der Waals surface area (Å²) < 4.78 is 7.57. The van der Waals surface area contributed by atoms with E-state index in [9.17, 15) is 9.59 Å². The average molecular weight is 401 g/mol. The van der Waals surface area contributed by atoms with E-state index >= 15 is 0 Å². The quantitative estimate of drug-likeness (QED) is 0.478. The van der Waals surface area contributed by atoms with Crippen LogP contribution in [0.4, 0.5) is 0 Å². The van der Waals surface area contributed by atoms with Crippen LogP contribution in [0, 0.1) is 0 Å². The fraction of sp³-hybridized carbons (Fsp3) is 0.235. The number of carbonyl (C=O) groups excluding carboxylic acids is 1. The Balaban J connectivity index is 1.91. The molecule has 0 aliphatic carbocycles. The molecule has 10 heteroatoms. The van der Waals surface area contributed by atoms with Crippen LogP contribution in [0.5, 0.6) is 0 Å². The Bertz CT molecular complexity index is 1140. The smallest absolute Gasteiger partial charge is 0.352 e. The number of ether oxygens (including phenoxy) is 1. The number of carbonyl (C=O) groups is 1. The van der Waals surface area contributed by atoms with Gasteiger partial charge in [-0.2, -0.15) is 4.68 Å². The molecule has 0 spiro atoms. The molecule has 0 unspecified atom stereocenters. The third-order valence-electron chi connectivity index (χ3n) is 3.66. The van der Waals surface area contributed by atoms with Crippen molar-refractivity contribution in [3.63, 3.8) is 0 Å². The number of rotatable bonds is 5. The van der Waals surface area contributed by atoms with Gasteiger partial charge in [0.25, 0.3) is 5.78 Å². The van der Waals surface area contributed by atoms with Crippen molar-refractivity contribution in [1.82, 2.24) is 24.4 Å². The number of hydrogen-bond donors (Lipinski definition) is 0. The fourth-order valence-corrected chi connectivity index (χ4v) is 4.12. The minimum atomic E-state index is -0.528. The van der Waals surface area contributed by atoms with E-state index in [1.807, 2.05) is 35.0 Å². The second-order valence-corrected chi connectivity index (χ2v) is 7.86. The van der Waals surface area contributed by atoms with Crippen LogP contribution in [0.15, 0.2) is 39.8 Å². The Hall–Kier alpha value is -2.85. The lowest BCUT2D eigenvalue weighted by atomic mass is 10.2. The van der Waals surface area contributed by atoms with Gasteiger partial charge in [0.2, 0.25) is 0 Å². The maximum absolute atomic E-state index is 13.0. The summed E-state index contributed by atoms with van der Waals surface area (Å²) in [5, 5.41) is 16.4. The SMILES string of the molecule is CC(C)OC(=O)Cn1nc2nnc(-c3cccs3)c(-c3cccs3)n2c1=O. The number of fused-ring (bicyclic) bond motifs is 1. The Morgan fingerprint density at radius 1 is 1.15 bits per heavy atom.